The van der Waals surface area contributed by atoms with Gasteiger partial charge in [-0.25, -0.2) is 0 Å². The van der Waals surface area contributed by atoms with Crippen LogP contribution in [0.3, 0.4) is 0 Å². The maximum atomic E-state index is 9.04. The third kappa shape index (κ3) is 10.1. The van der Waals surface area contributed by atoms with Gasteiger partial charge >= 0.3 is 10.0 Å². The molecule has 0 atom stereocenters. The van der Waals surface area contributed by atoms with Gasteiger partial charge in [-0.05, 0) is 27.7 Å². The lowest BCUT2D eigenvalue weighted by molar-refractivity contribution is -0.152. The highest BCUT2D eigenvalue weighted by atomic mass is 28.3. The fourth-order valence-corrected chi connectivity index (χ4v) is 0.674. The molecule has 0 spiro atoms. The van der Waals surface area contributed by atoms with Crippen molar-refractivity contribution in [2.24, 2.45) is 0 Å². The van der Waals surface area contributed by atoms with Gasteiger partial charge < -0.3 is 19.1 Å². The molecule has 0 aromatic carbocycles. The zero-order valence-electron chi connectivity index (χ0n) is 7.21. The van der Waals surface area contributed by atoms with Crippen LogP contribution in [-0.2, 0) is 8.85 Å². The molecule has 0 aromatic rings. The van der Waals surface area contributed by atoms with Crippen LogP contribution in [0.2, 0.25) is 0 Å². The molecule has 0 amide bonds. The monoisotopic (exact) mass is 178 g/mol. The zero-order chi connectivity index (χ0) is 9.12. The molecule has 0 aromatic heterocycles. The standard InChI is InChI=1S/C6H14O4Si/c1-5(2,7)9-11-10-6(3,4)8/h7-8H,1-4H3. The van der Waals surface area contributed by atoms with Crippen LogP contribution < -0.4 is 0 Å². The van der Waals surface area contributed by atoms with Gasteiger partial charge in [0.05, 0.1) is 0 Å². The van der Waals surface area contributed by atoms with Crippen LogP contribution in [0.15, 0.2) is 0 Å². The van der Waals surface area contributed by atoms with E-state index >= 15 is 0 Å². The summed E-state index contributed by atoms with van der Waals surface area (Å²) in [6.07, 6.45) is 0. The van der Waals surface area contributed by atoms with E-state index in [1.165, 1.54) is 27.7 Å². The predicted octanol–water partition coefficient (Wildman–Crippen LogP) is 0.0106. The third-order valence-corrected chi connectivity index (χ3v) is 1.75. The van der Waals surface area contributed by atoms with E-state index in [1.54, 1.807) is 0 Å². The highest BCUT2D eigenvalue weighted by Crippen LogP contribution is 2.05. The minimum atomic E-state index is -1.20. The molecular formula is C6H14O4Si. The van der Waals surface area contributed by atoms with Gasteiger partial charge in [0.25, 0.3) is 0 Å². The van der Waals surface area contributed by atoms with Gasteiger partial charge in [0.2, 0.25) is 0 Å². The van der Waals surface area contributed by atoms with Crippen LogP contribution in [0.25, 0.3) is 0 Å². The summed E-state index contributed by atoms with van der Waals surface area (Å²) < 4.78 is 9.61. The van der Waals surface area contributed by atoms with Crippen molar-refractivity contribution in [3.8, 4) is 0 Å². The smallest absolute Gasteiger partial charge is 0.367 e. The molecule has 0 aliphatic carbocycles. The quantitative estimate of drug-likeness (QED) is 0.470. The first-order chi connectivity index (χ1) is 4.71. The average molecular weight is 178 g/mol. The maximum absolute atomic E-state index is 9.04. The Labute approximate surface area is 69.2 Å². The van der Waals surface area contributed by atoms with Gasteiger partial charge in [-0.15, -0.1) is 0 Å². The maximum Gasteiger partial charge on any atom is 0.437 e. The first-order valence-electron chi connectivity index (χ1n) is 3.26. The highest BCUT2D eigenvalue weighted by molar-refractivity contribution is 6.18. The highest BCUT2D eigenvalue weighted by Gasteiger charge is 2.18. The lowest BCUT2D eigenvalue weighted by Crippen LogP contribution is -2.32. The van der Waals surface area contributed by atoms with Crippen LogP contribution in [0.1, 0.15) is 27.7 Å². The van der Waals surface area contributed by atoms with Crippen molar-refractivity contribution in [2.75, 3.05) is 0 Å². The van der Waals surface area contributed by atoms with Gasteiger partial charge in [-0.3, -0.25) is 0 Å². The molecule has 0 unspecified atom stereocenters. The van der Waals surface area contributed by atoms with E-state index in [0.717, 1.165) is 0 Å². The Morgan fingerprint density at radius 3 is 1.36 bits per heavy atom. The molecule has 0 rings (SSSR count). The van der Waals surface area contributed by atoms with Crippen molar-refractivity contribution < 1.29 is 19.1 Å². The van der Waals surface area contributed by atoms with Crippen LogP contribution in [0.5, 0.6) is 0 Å². The number of hydrogen-bond acceptors (Lipinski definition) is 4. The summed E-state index contributed by atoms with van der Waals surface area (Å²) in [6.45, 7) is 5.98. The van der Waals surface area contributed by atoms with Gasteiger partial charge in [0, 0.05) is 0 Å². The van der Waals surface area contributed by atoms with Gasteiger partial charge in [0.15, 0.2) is 11.6 Å². The van der Waals surface area contributed by atoms with E-state index < -0.39 is 11.6 Å². The summed E-state index contributed by atoms with van der Waals surface area (Å²) in [6, 6.07) is 0. The van der Waals surface area contributed by atoms with E-state index in [9.17, 15) is 0 Å². The molecule has 0 aliphatic rings. The summed E-state index contributed by atoms with van der Waals surface area (Å²) in [7, 11) is -0.365. The summed E-state index contributed by atoms with van der Waals surface area (Å²) >= 11 is 0. The molecule has 5 heteroatoms. The lowest BCUT2D eigenvalue weighted by atomic mass is 10.4. The van der Waals surface area contributed by atoms with E-state index in [0.29, 0.717) is 0 Å². The minimum Gasteiger partial charge on any atom is -0.367 e. The fraction of sp³-hybridized carbons (Fsp3) is 1.00. The number of aliphatic hydroxyl groups is 2. The second-order valence-corrected chi connectivity index (χ2v) is 3.76. The normalized spacial score (nSPS) is 13.6. The Balaban J connectivity index is 3.44. The SMILES string of the molecule is CC(C)(O)O[Si]OC(C)(C)O. The van der Waals surface area contributed by atoms with Crippen molar-refractivity contribution in [1.29, 1.82) is 0 Å². The molecule has 0 saturated heterocycles. The van der Waals surface area contributed by atoms with Crippen molar-refractivity contribution in [1.82, 2.24) is 0 Å². The first kappa shape index (κ1) is 11.1. The van der Waals surface area contributed by atoms with Crippen LogP contribution in [-0.4, -0.2) is 31.8 Å². The topological polar surface area (TPSA) is 58.9 Å². The Hall–Kier alpha value is 0.0569. The molecule has 66 valence electrons. The Morgan fingerprint density at radius 2 is 1.18 bits per heavy atom. The Morgan fingerprint density at radius 1 is 0.909 bits per heavy atom. The zero-order valence-corrected chi connectivity index (χ0v) is 8.21. The van der Waals surface area contributed by atoms with Crippen LogP contribution in [0, 0.1) is 0 Å². The first-order valence-corrected chi connectivity index (χ1v) is 4.08. The van der Waals surface area contributed by atoms with Crippen molar-refractivity contribution >= 4 is 10.0 Å². The van der Waals surface area contributed by atoms with E-state index in [2.05, 4.69) is 0 Å². The van der Waals surface area contributed by atoms with Crippen LogP contribution >= 0.6 is 0 Å². The summed E-state index contributed by atoms with van der Waals surface area (Å²) in [4.78, 5) is 0. The fourth-order valence-electron chi connectivity index (χ4n) is 0.225. The summed E-state index contributed by atoms with van der Waals surface area (Å²) in [5.74, 6) is -2.41. The molecular weight excluding hydrogens is 164 g/mol. The predicted molar refractivity (Wildman–Crippen MR) is 40.5 cm³/mol. The molecule has 0 bridgehead atoms. The van der Waals surface area contributed by atoms with E-state index in [-0.39, 0.29) is 10.0 Å². The molecule has 0 fully saturated rings. The second kappa shape index (κ2) is 3.64. The van der Waals surface area contributed by atoms with Crippen LogP contribution in [0.4, 0.5) is 0 Å². The summed E-state index contributed by atoms with van der Waals surface area (Å²) in [5.41, 5.74) is 0. The lowest BCUT2D eigenvalue weighted by Gasteiger charge is -2.21. The molecule has 2 radical (unpaired) electrons. The van der Waals surface area contributed by atoms with Crippen molar-refractivity contribution in [2.45, 2.75) is 39.3 Å². The average Bonchev–Trinajstić information content (AvgIpc) is 1.55. The molecule has 4 nitrogen and oxygen atoms in total. The van der Waals surface area contributed by atoms with Crippen molar-refractivity contribution in [3.63, 3.8) is 0 Å². The molecule has 0 heterocycles. The molecule has 11 heavy (non-hydrogen) atoms. The Bertz CT molecular complexity index is 98.7. The number of rotatable bonds is 4. The Kier molecular flexibility index (Phi) is 3.66. The van der Waals surface area contributed by atoms with Gasteiger partial charge in [-0.1, -0.05) is 0 Å². The van der Waals surface area contributed by atoms with Gasteiger partial charge in [0.1, 0.15) is 0 Å². The molecule has 0 saturated carbocycles. The summed E-state index contributed by atoms with van der Waals surface area (Å²) in [5, 5.41) is 18.1. The van der Waals surface area contributed by atoms with E-state index in [4.69, 9.17) is 19.1 Å². The van der Waals surface area contributed by atoms with E-state index in [1.807, 2.05) is 0 Å². The third-order valence-electron chi connectivity index (χ3n) is 0.583. The van der Waals surface area contributed by atoms with Gasteiger partial charge in [-0.2, -0.15) is 0 Å². The minimum absolute atomic E-state index is 0.365. The largest absolute Gasteiger partial charge is 0.437 e. The molecule has 0 aliphatic heterocycles. The second-order valence-electron chi connectivity index (χ2n) is 3.18. The molecule has 2 N–H and O–H groups in total. The number of hydrogen-bond donors (Lipinski definition) is 2. The van der Waals surface area contributed by atoms with Crippen molar-refractivity contribution in [3.05, 3.63) is 0 Å².